The van der Waals surface area contributed by atoms with E-state index in [1.807, 2.05) is 0 Å². The van der Waals surface area contributed by atoms with Gasteiger partial charge >= 0.3 is 0 Å². The molecule has 1 aromatic rings. The number of unbranched alkanes of at least 4 members (excludes halogenated alkanes) is 3. The average Bonchev–Trinajstić information content (AvgIpc) is 2.82. The molecule has 0 aromatic heterocycles. The Bertz CT molecular complexity index is 416. The summed E-state index contributed by atoms with van der Waals surface area (Å²) in [5.74, 6) is 0. The summed E-state index contributed by atoms with van der Waals surface area (Å²) in [5.41, 5.74) is 5.69. The molecule has 1 heterocycles. The molecule has 2 rings (SSSR count). The number of hydrogen-bond acceptors (Lipinski definition) is 2. The fourth-order valence-corrected chi connectivity index (χ4v) is 3.44. The highest BCUT2D eigenvalue weighted by molar-refractivity contribution is 5.60. The molecule has 2 nitrogen and oxygen atoms in total. The molecule has 1 aliphatic rings. The molecule has 0 radical (unpaired) electrons. The third-order valence-electron chi connectivity index (χ3n) is 4.34. The summed E-state index contributed by atoms with van der Waals surface area (Å²) < 4.78 is 0. The fourth-order valence-electron chi connectivity index (χ4n) is 3.44. The topological polar surface area (TPSA) is 6.48 Å². The first-order valence-electron chi connectivity index (χ1n) is 8.17. The van der Waals surface area contributed by atoms with Crippen molar-refractivity contribution in [3.63, 3.8) is 0 Å². The van der Waals surface area contributed by atoms with Crippen LogP contribution in [-0.4, -0.2) is 31.2 Å². The summed E-state index contributed by atoms with van der Waals surface area (Å²) in [5, 5.41) is 0. The van der Waals surface area contributed by atoms with Gasteiger partial charge in [-0.15, -0.1) is 0 Å². The second kappa shape index (κ2) is 7.12. The molecule has 1 fully saturated rings. The monoisotopic (exact) mass is 274 g/mol. The minimum absolute atomic E-state index is 1.11. The van der Waals surface area contributed by atoms with E-state index in [1.54, 1.807) is 0 Å². The first-order chi connectivity index (χ1) is 9.61. The van der Waals surface area contributed by atoms with Crippen LogP contribution in [0.4, 0.5) is 5.69 Å². The number of aryl methyl sites for hydroxylation is 3. The van der Waals surface area contributed by atoms with Crippen LogP contribution in [-0.2, 0) is 0 Å². The normalized spacial score (nSPS) is 16.1. The molecule has 1 aliphatic heterocycles. The number of nitrogens with zero attached hydrogens (tertiary/aromatic N) is 2. The Morgan fingerprint density at radius 1 is 0.950 bits per heavy atom. The van der Waals surface area contributed by atoms with E-state index in [0.29, 0.717) is 0 Å². The standard InChI is InChI=1S/C18H30N2/c1-5-6-7-8-9-19-10-11-20(14-19)18-16(3)12-15(2)13-17(18)4/h12-13H,5-11,14H2,1-4H3. The van der Waals surface area contributed by atoms with Gasteiger partial charge in [0.05, 0.1) is 6.67 Å². The van der Waals surface area contributed by atoms with E-state index in [2.05, 4.69) is 49.6 Å². The second-order valence-corrected chi connectivity index (χ2v) is 6.33. The second-order valence-electron chi connectivity index (χ2n) is 6.33. The first kappa shape index (κ1) is 15.4. The molecule has 0 amide bonds. The molecule has 20 heavy (non-hydrogen) atoms. The van der Waals surface area contributed by atoms with Gasteiger partial charge in [-0.1, -0.05) is 43.9 Å². The number of anilines is 1. The summed E-state index contributed by atoms with van der Waals surface area (Å²) in [7, 11) is 0. The zero-order valence-electron chi connectivity index (χ0n) is 13.7. The van der Waals surface area contributed by atoms with Crippen LogP contribution >= 0.6 is 0 Å². The van der Waals surface area contributed by atoms with Gasteiger partial charge < -0.3 is 4.90 Å². The Morgan fingerprint density at radius 2 is 1.65 bits per heavy atom. The summed E-state index contributed by atoms with van der Waals surface area (Å²) in [6.45, 7) is 13.7. The van der Waals surface area contributed by atoms with Gasteiger partial charge in [0.15, 0.2) is 0 Å². The van der Waals surface area contributed by atoms with Gasteiger partial charge in [0.1, 0.15) is 0 Å². The lowest BCUT2D eigenvalue weighted by Gasteiger charge is -2.24. The minimum atomic E-state index is 1.11. The van der Waals surface area contributed by atoms with E-state index in [0.717, 1.165) is 6.67 Å². The molecule has 0 aliphatic carbocycles. The maximum absolute atomic E-state index is 2.61. The van der Waals surface area contributed by atoms with Gasteiger partial charge in [-0.2, -0.15) is 0 Å². The van der Waals surface area contributed by atoms with Crippen LogP contribution in [0.25, 0.3) is 0 Å². The van der Waals surface area contributed by atoms with E-state index in [-0.39, 0.29) is 0 Å². The molecule has 112 valence electrons. The van der Waals surface area contributed by atoms with E-state index < -0.39 is 0 Å². The van der Waals surface area contributed by atoms with Gasteiger partial charge in [0.25, 0.3) is 0 Å². The molecular formula is C18H30N2. The largest absolute Gasteiger partial charge is 0.357 e. The van der Waals surface area contributed by atoms with Crippen molar-refractivity contribution in [2.75, 3.05) is 31.2 Å². The SMILES string of the molecule is CCCCCCN1CCN(c2c(C)cc(C)cc2C)C1. The highest BCUT2D eigenvalue weighted by atomic mass is 15.4. The molecule has 0 N–H and O–H groups in total. The molecule has 1 saturated heterocycles. The first-order valence-corrected chi connectivity index (χ1v) is 8.17. The van der Waals surface area contributed by atoms with Gasteiger partial charge in [0, 0.05) is 18.8 Å². The smallest absolute Gasteiger partial charge is 0.0708 e. The number of benzene rings is 1. The maximum atomic E-state index is 2.61. The Labute approximate surface area is 124 Å². The third kappa shape index (κ3) is 3.76. The lowest BCUT2D eigenvalue weighted by molar-refractivity contribution is 0.330. The minimum Gasteiger partial charge on any atom is -0.357 e. The van der Waals surface area contributed by atoms with Crippen LogP contribution in [0, 0.1) is 20.8 Å². The van der Waals surface area contributed by atoms with Crippen molar-refractivity contribution < 1.29 is 0 Å². The van der Waals surface area contributed by atoms with Crippen molar-refractivity contribution in [1.82, 2.24) is 4.90 Å². The molecule has 0 spiro atoms. The predicted molar refractivity (Wildman–Crippen MR) is 88.6 cm³/mol. The molecule has 2 heteroatoms. The summed E-state index contributed by atoms with van der Waals surface area (Å²) in [4.78, 5) is 5.17. The summed E-state index contributed by atoms with van der Waals surface area (Å²) in [6.07, 6.45) is 5.45. The third-order valence-corrected chi connectivity index (χ3v) is 4.34. The Hall–Kier alpha value is -1.02. The van der Waals surface area contributed by atoms with Crippen molar-refractivity contribution >= 4 is 5.69 Å². The van der Waals surface area contributed by atoms with Crippen LogP contribution in [0.1, 0.15) is 49.3 Å². The van der Waals surface area contributed by atoms with Gasteiger partial charge in [-0.3, -0.25) is 4.90 Å². The van der Waals surface area contributed by atoms with Gasteiger partial charge in [-0.05, 0) is 44.9 Å². The van der Waals surface area contributed by atoms with Gasteiger partial charge in [-0.25, -0.2) is 0 Å². The van der Waals surface area contributed by atoms with Crippen LogP contribution < -0.4 is 4.90 Å². The highest BCUT2D eigenvalue weighted by Crippen LogP contribution is 2.28. The zero-order valence-corrected chi connectivity index (χ0v) is 13.7. The molecule has 0 bridgehead atoms. The summed E-state index contributed by atoms with van der Waals surface area (Å²) >= 11 is 0. The van der Waals surface area contributed by atoms with Crippen molar-refractivity contribution in [3.05, 3.63) is 28.8 Å². The lowest BCUT2D eigenvalue weighted by Crippen LogP contribution is -2.27. The van der Waals surface area contributed by atoms with Crippen LogP contribution in [0.3, 0.4) is 0 Å². The lowest BCUT2D eigenvalue weighted by atomic mass is 10.0. The predicted octanol–water partition coefficient (Wildman–Crippen LogP) is 4.27. The van der Waals surface area contributed by atoms with Crippen molar-refractivity contribution in [2.45, 2.75) is 53.4 Å². The molecular weight excluding hydrogens is 244 g/mol. The van der Waals surface area contributed by atoms with Gasteiger partial charge in [0.2, 0.25) is 0 Å². The molecule has 1 aromatic carbocycles. The average molecular weight is 274 g/mol. The Kier molecular flexibility index (Phi) is 5.47. The quantitative estimate of drug-likeness (QED) is 0.715. The van der Waals surface area contributed by atoms with E-state index >= 15 is 0 Å². The molecule has 0 saturated carbocycles. The maximum Gasteiger partial charge on any atom is 0.0708 e. The number of hydrogen-bond donors (Lipinski definition) is 0. The van der Waals surface area contributed by atoms with Crippen molar-refractivity contribution in [1.29, 1.82) is 0 Å². The molecule has 0 unspecified atom stereocenters. The Morgan fingerprint density at radius 3 is 2.30 bits per heavy atom. The van der Waals surface area contributed by atoms with E-state index in [1.165, 1.54) is 67.7 Å². The van der Waals surface area contributed by atoms with Crippen molar-refractivity contribution in [3.8, 4) is 0 Å². The zero-order chi connectivity index (χ0) is 14.5. The number of rotatable bonds is 6. The van der Waals surface area contributed by atoms with Crippen LogP contribution in [0.15, 0.2) is 12.1 Å². The van der Waals surface area contributed by atoms with Crippen LogP contribution in [0.5, 0.6) is 0 Å². The van der Waals surface area contributed by atoms with Crippen molar-refractivity contribution in [2.24, 2.45) is 0 Å². The highest BCUT2D eigenvalue weighted by Gasteiger charge is 2.22. The molecule has 0 atom stereocenters. The summed E-state index contributed by atoms with van der Waals surface area (Å²) in [6, 6.07) is 4.62. The van der Waals surface area contributed by atoms with E-state index in [4.69, 9.17) is 0 Å². The van der Waals surface area contributed by atoms with E-state index in [9.17, 15) is 0 Å². The fraction of sp³-hybridized carbons (Fsp3) is 0.667. The Balaban J connectivity index is 1.92. The van der Waals surface area contributed by atoms with Crippen LogP contribution in [0.2, 0.25) is 0 Å².